The van der Waals surface area contributed by atoms with Gasteiger partial charge < -0.3 is 24.4 Å². The second-order valence-electron chi connectivity index (χ2n) is 8.75. The molecule has 0 saturated heterocycles. The van der Waals surface area contributed by atoms with Gasteiger partial charge >= 0.3 is 0 Å². The average Bonchev–Trinajstić information content (AvgIpc) is 3.62. The van der Waals surface area contributed by atoms with Crippen LogP contribution < -0.4 is 19.5 Å². The van der Waals surface area contributed by atoms with Gasteiger partial charge in [-0.25, -0.2) is 0 Å². The topological polar surface area (TPSA) is 77.1 Å². The third-order valence-electron chi connectivity index (χ3n) is 6.49. The van der Waals surface area contributed by atoms with Gasteiger partial charge in [0, 0.05) is 16.5 Å². The molecule has 0 unspecified atom stereocenters. The summed E-state index contributed by atoms with van der Waals surface area (Å²) in [5.74, 6) is 1.22. The van der Waals surface area contributed by atoms with E-state index in [2.05, 4.69) is 5.32 Å². The minimum Gasteiger partial charge on any atom is -0.497 e. The van der Waals surface area contributed by atoms with Crippen LogP contribution in [0, 0.1) is 0 Å². The normalized spacial score (nSPS) is 14.2. The van der Waals surface area contributed by atoms with Crippen LogP contribution >= 0.6 is 11.3 Å². The highest BCUT2D eigenvalue weighted by atomic mass is 32.1. The lowest BCUT2D eigenvalue weighted by Crippen LogP contribution is -2.45. The molecule has 8 heteroatoms. The van der Waals surface area contributed by atoms with E-state index in [4.69, 9.17) is 14.2 Å². The van der Waals surface area contributed by atoms with Crippen molar-refractivity contribution < 1.29 is 23.8 Å². The summed E-state index contributed by atoms with van der Waals surface area (Å²) in [5.41, 5.74) is 1.13. The zero-order chi connectivity index (χ0) is 25.5. The summed E-state index contributed by atoms with van der Waals surface area (Å²) >= 11 is 1.55. The maximum Gasteiger partial charge on any atom is 0.255 e. The molecule has 0 spiro atoms. The van der Waals surface area contributed by atoms with Crippen molar-refractivity contribution in [2.45, 2.75) is 44.3 Å². The Morgan fingerprint density at radius 2 is 1.69 bits per heavy atom. The monoisotopic (exact) mass is 508 g/mol. The van der Waals surface area contributed by atoms with Crippen LogP contribution in [0.15, 0.2) is 60.0 Å². The molecule has 1 aromatic heterocycles. The quantitative estimate of drug-likeness (QED) is 0.407. The van der Waals surface area contributed by atoms with Gasteiger partial charge in [-0.3, -0.25) is 9.59 Å². The van der Waals surface area contributed by atoms with Crippen molar-refractivity contribution in [1.82, 2.24) is 10.2 Å². The second kappa shape index (κ2) is 11.9. The molecule has 2 amide bonds. The Morgan fingerprint density at radius 1 is 0.972 bits per heavy atom. The van der Waals surface area contributed by atoms with Crippen molar-refractivity contribution in [3.8, 4) is 17.2 Å². The lowest BCUT2D eigenvalue weighted by molar-refractivity contribution is -0.126. The first kappa shape index (κ1) is 25.6. The largest absolute Gasteiger partial charge is 0.497 e. The summed E-state index contributed by atoms with van der Waals surface area (Å²) in [6.07, 6.45) is 4.11. The van der Waals surface area contributed by atoms with Crippen LogP contribution in [-0.4, -0.2) is 44.1 Å². The maximum absolute atomic E-state index is 14.0. The van der Waals surface area contributed by atoms with Crippen LogP contribution in [0.5, 0.6) is 17.2 Å². The predicted molar refractivity (Wildman–Crippen MR) is 140 cm³/mol. The molecule has 190 valence electrons. The molecule has 0 aliphatic heterocycles. The van der Waals surface area contributed by atoms with Crippen LogP contribution in [-0.2, 0) is 11.3 Å². The number of nitrogens with one attached hydrogen (secondary N) is 1. The van der Waals surface area contributed by atoms with E-state index >= 15 is 0 Å². The number of carbonyl (C=O) groups excluding carboxylic acids is 2. The number of methoxy groups -OCH3 is 3. The fourth-order valence-corrected chi connectivity index (χ4v) is 5.30. The third kappa shape index (κ3) is 5.82. The van der Waals surface area contributed by atoms with E-state index in [0.29, 0.717) is 29.4 Å². The molecule has 4 rings (SSSR count). The Hall–Kier alpha value is -3.52. The number of carbonyl (C=O) groups is 2. The number of thiophene rings is 1. The molecular formula is C28H32N2O5S. The van der Waals surface area contributed by atoms with Crippen molar-refractivity contribution >= 4 is 23.2 Å². The summed E-state index contributed by atoms with van der Waals surface area (Å²) < 4.78 is 16.1. The van der Waals surface area contributed by atoms with E-state index in [1.807, 2.05) is 41.8 Å². The van der Waals surface area contributed by atoms with Crippen molar-refractivity contribution in [3.05, 3.63) is 76.0 Å². The summed E-state index contributed by atoms with van der Waals surface area (Å²) in [6.45, 7) is 0.291. The predicted octanol–water partition coefficient (Wildman–Crippen LogP) is 5.22. The number of rotatable bonds is 10. The molecule has 0 bridgehead atoms. The minimum absolute atomic E-state index is 0.123. The third-order valence-corrected chi connectivity index (χ3v) is 7.35. The Labute approximate surface area is 216 Å². The first-order valence-electron chi connectivity index (χ1n) is 12.0. The average molecular weight is 509 g/mol. The number of ether oxygens (including phenoxy) is 3. The van der Waals surface area contributed by atoms with Crippen LogP contribution in [0.2, 0.25) is 0 Å². The van der Waals surface area contributed by atoms with Gasteiger partial charge in [0.15, 0.2) is 11.5 Å². The van der Waals surface area contributed by atoms with Gasteiger partial charge in [-0.15, -0.1) is 11.3 Å². The van der Waals surface area contributed by atoms with Crippen molar-refractivity contribution in [3.63, 3.8) is 0 Å². The van der Waals surface area contributed by atoms with Gasteiger partial charge in [-0.1, -0.05) is 31.0 Å². The van der Waals surface area contributed by atoms with Crippen LogP contribution in [0.4, 0.5) is 0 Å². The molecule has 1 saturated carbocycles. The van der Waals surface area contributed by atoms with E-state index in [1.54, 1.807) is 48.7 Å². The molecule has 1 heterocycles. The minimum atomic E-state index is -0.820. The number of hydrogen-bond donors (Lipinski definition) is 1. The van der Waals surface area contributed by atoms with E-state index in [0.717, 1.165) is 36.1 Å². The maximum atomic E-state index is 14.0. The van der Waals surface area contributed by atoms with E-state index in [1.165, 1.54) is 7.11 Å². The Bertz CT molecular complexity index is 1160. The SMILES string of the molecule is COc1ccc([C@@H](C(=O)NC2CCCC2)N(Cc2cccs2)C(=O)c2ccc(OC)c(OC)c2)cc1. The zero-order valence-corrected chi connectivity index (χ0v) is 21.7. The molecule has 1 atom stereocenters. The van der Waals surface area contributed by atoms with Crippen LogP contribution in [0.3, 0.4) is 0 Å². The Kier molecular flexibility index (Phi) is 8.48. The molecule has 1 aliphatic rings. The number of hydrogen-bond acceptors (Lipinski definition) is 6. The lowest BCUT2D eigenvalue weighted by atomic mass is 10.0. The number of nitrogens with zero attached hydrogens (tertiary/aromatic N) is 1. The van der Waals surface area contributed by atoms with Crippen molar-refractivity contribution in [1.29, 1.82) is 0 Å². The lowest BCUT2D eigenvalue weighted by Gasteiger charge is -2.32. The molecule has 1 N–H and O–H groups in total. The molecule has 1 fully saturated rings. The number of benzene rings is 2. The van der Waals surface area contributed by atoms with E-state index < -0.39 is 6.04 Å². The highest BCUT2D eigenvalue weighted by Gasteiger charge is 2.34. The van der Waals surface area contributed by atoms with Gasteiger partial charge in [-0.2, -0.15) is 0 Å². The molecule has 36 heavy (non-hydrogen) atoms. The second-order valence-corrected chi connectivity index (χ2v) is 9.78. The fraction of sp³-hybridized carbons (Fsp3) is 0.357. The first-order valence-corrected chi connectivity index (χ1v) is 12.9. The van der Waals surface area contributed by atoms with Crippen molar-refractivity contribution in [2.24, 2.45) is 0 Å². The Morgan fingerprint density at radius 3 is 2.31 bits per heavy atom. The fourth-order valence-electron chi connectivity index (χ4n) is 4.60. The molecule has 3 aromatic rings. The van der Waals surface area contributed by atoms with E-state index in [-0.39, 0.29) is 17.9 Å². The van der Waals surface area contributed by atoms with Crippen LogP contribution in [0.25, 0.3) is 0 Å². The highest BCUT2D eigenvalue weighted by molar-refractivity contribution is 7.09. The summed E-state index contributed by atoms with van der Waals surface area (Å²) in [4.78, 5) is 30.5. The number of amides is 2. The van der Waals surface area contributed by atoms with Gasteiger partial charge in [0.25, 0.3) is 5.91 Å². The summed E-state index contributed by atoms with van der Waals surface area (Å²) in [6, 6.07) is 15.6. The van der Waals surface area contributed by atoms with Gasteiger partial charge in [0.1, 0.15) is 11.8 Å². The molecule has 2 aromatic carbocycles. The molecular weight excluding hydrogens is 476 g/mol. The standard InChI is InChI=1S/C28H32N2O5S/c1-33-22-13-10-19(11-14-22)26(27(31)29-21-7-4-5-8-21)30(18-23-9-6-16-36-23)28(32)20-12-15-24(34-2)25(17-20)35-3/h6,9-17,21,26H,4-5,7-8,18H2,1-3H3,(H,29,31)/t26-/m0/s1. The highest BCUT2D eigenvalue weighted by Crippen LogP contribution is 2.32. The van der Waals surface area contributed by atoms with Gasteiger partial charge in [-0.05, 0) is 60.2 Å². The van der Waals surface area contributed by atoms with Crippen LogP contribution in [0.1, 0.15) is 52.5 Å². The van der Waals surface area contributed by atoms with Crippen molar-refractivity contribution in [2.75, 3.05) is 21.3 Å². The smallest absolute Gasteiger partial charge is 0.255 e. The molecule has 7 nitrogen and oxygen atoms in total. The summed E-state index contributed by atoms with van der Waals surface area (Å²) in [7, 11) is 4.68. The summed E-state index contributed by atoms with van der Waals surface area (Å²) in [5, 5.41) is 5.18. The molecule has 0 radical (unpaired) electrons. The zero-order valence-electron chi connectivity index (χ0n) is 20.9. The van der Waals surface area contributed by atoms with Gasteiger partial charge in [0.05, 0.1) is 27.9 Å². The van der Waals surface area contributed by atoms with E-state index in [9.17, 15) is 9.59 Å². The Balaban J connectivity index is 1.76. The first-order chi connectivity index (χ1) is 17.5. The molecule has 1 aliphatic carbocycles. The van der Waals surface area contributed by atoms with Gasteiger partial charge in [0.2, 0.25) is 5.91 Å².